The van der Waals surface area contributed by atoms with Gasteiger partial charge in [-0.05, 0) is 61.2 Å². The maximum Gasteiger partial charge on any atom is 0.397 e. The summed E-state index contributed by atoms with van der Waals surface area (Å²) >= 11 is 0. The Morgan fingerprint density at radius 1 is 1.28 bits per heavy atom. The molecule has 0 bridgehead atoms. The van der Waals surface area contributed by atoms with Crippen LogP contribution < -0.4 is 5.32 Å². The molecular weight excluding hydrogens is 366 g/mol. The van der Waals surface area contributed by atoms with E-state index in [-0.39, 0.29) is 35.5 Å². The van der Waals surface area contributed by atoms with E-state index < -0.39 is 11.9 Å². The lowest BCUT2D eigenvalue weighted by atomic mass is 9.46. The first kappa shape index (κ1) is 22.1. The molecule has 2 fully saturated rings. The number of allylic oxidation sites excluding steroid dienone is 3. The number of hydrogen-bond donors (Lipinski definition) is 2. The molecule has 0 radical (unpaired) electrons. The molecule has 0 aliphatic heterocycles. The van der Waals surface area contributed by atoms with Crippen LogP contribution in [0.5, 0.6) is 0 Å². The molecule has 0 aromatic rings. The molecule has 29 heavy (non-hydrogen) atoms. The van der Waals surface area contributed by atoms with Crippen LogP contribution in [-0.4, -0.2) is 36.2 Å². The van der Waals surface area contributed by atoms with Crippen LogP contribution >= 0.6 is 0 Å². The van der Waals surface area contributed by atoms with Crippen molar-refractivity contribution in [3.05, 3.63) is 24.3 Å². The quantitative estimate of drug-likeness (QED) is 0.426. The van der Waals surface area contributed by atoms with Crippen LogP contribution in [-0.2, 0) is 14.3 Å². The smallest absolute Gasteiger partial charge is 0.397 e. The van der Waals surface area contributed by atoms with Gasteiger partial charge in [0.05, 0.1) is 6.61 Å². The normalized spacial score (nSPS) is 38.1. The Morgan fingerprint density at radius 2 is 2.00 bits per heavy atom. The van der Waals surface area contributed by atoms with Crippen LogP contribution in [0.2, 0.25) is 0 Å². The largest absolute Gasteiger partial charge is 0.455 e. The summed E-state index contributed by atoms with van der Waals surface area (Å²) in [5, 5.41) is 11.2. The van der Waals surface area contributed by atoms with E-state index in [9.17, 15) is 9.59 Å². The standard InChI is InChI=1S/C24H37NO4/c1-6-23(4)11-9-17-16(15-23)7-8-18-22(2,3)19(10-12-24(17,18)5)29-21(28)20(27)25-13-14-26/h6,9,16,18-19,26H,1,7-8,10-15H2,2-5H3,(H,25,27)/t16-,18+,19+,23-,24-/m0/s1. The summed E-state index contributed by atoms with van der Waals surface area (Å²) in [6.07, 6.45) is 10.6. The number of esters is 1. The highest BCUT2D eigenvalue weighted by Gasteiger charge is 2.57. The van der Waals surface area contributed by atoms with Crippen molar-refractivity contribution >= 4 is 11.9 Å². The number of carbonyl (C=O) groups is 2. The first-order valence-corrected chi connectivity index (χ1v) is 11.0. The molecule has 0 heterocycles. The molecule has 3 aliphatic rings. The van der Waals surface area contributed by atoms with E-state index in [1.54, 1.807) is 5.57 Å². The van der Waals surface area contributed by atoms with E-state index in [0.29, 0.717) is 11.8 Å². The number of aliphatic hydroxyl groups excluding tert-OH is 1. The van der Waals surface area contributed by atoms with Gasteiger partial charge in [0.25, 0.3) is 0 Å². The summed E-state index contributed by atoms with van der Waals surface area (Å²) in [5.74, 6) is -0.581. The van der Waals surface area contributed by atoms with Gasteiger partial charge in [0.15, 0.2) is 0 Å². The van der Waals surface area contributed by atoms with Crippen molar-refractivity contribution in [3.8, 4) is 0 Å². The van der Waals surface area contributed by atoms with Crippen molar-refractivity contribution in [2.75, 3.05) is 13.2 Å². The van der Waals surface area contributed by atoms with Crippen molar-refractivity contribution < 1.29 is 19.4 Å². The maximum absolute atomic E-state index is 12.2. The van der Waals surface area contributed by atoms with E-state index in [2.05, 4.69) is 51.7 Å². The Kier molecular flexibility index (Phi) is 6.01. The Balaban J connectivity index is 1.78. The van der Waals surface area contributed by atoms with Gasteiger partial charge < -0.3 is 15.2 Å². The number of rotatable bonds is 4. The molecule has 0 spiro atoms. The molecule has 162 valence electrons. The van der Waals surface area contributed by atoms with Crippen LogP contribution in [0.3, 0.4) is 0 Å². The van der Waals surface area contributed by atoms with E-state index in [1.165, 1.54) is 6.42 Å². The molecule has 3 aliphatic carbocycles. The van der Waals surface area contributed by atoms with Crippen molar-refractivity contribution in [3.63, 3.8) is 0 Å². The molecular formula is C24H37NO4. The molecule has 0 unspecified atom stereocenters. The lowest BCUT2D eigenvalue weighted by Crippen LogP contribution is -2.55. The average molecular weight is 404 g/mol. The zero-order chi connectivity index (χ0) is 21.4. The fourth-order valence-electron chi connectivity index (χ4n) is 6.45. The number of hydrogen-bond acceptors (Lipinski definition) is 4. The van der Waals surface area contributed by atoms with Gasteiger partial charge in [-0.3, -0.25) is 4.79 Å². The van der Waals surface area contributed by atoms with Gasteiger partial charge >= 0.3 is 11.9 Å². The molecule has 5 heteroatoms. The van der Waals surface area contributed by atoms with Crippen LogP contribution in [0.25, 0.3) is 0 Å². The van der Waals surface area contributed by atoms with Gasteiger partial charge in [-0.25, -0.2) is 4.79 Å². The van der Waals surface area contributed by atoms with Gasteiger partial charge in [0, 0.05) is 12.0 Å². The second-order valence-electron chi connectivity index (χ2n) is 10.4. The Bertz CT molecular complexity index is 712. The lowest BCUT2D eigenvalue weighted by Gasteiger charge is -2.60. The minimum absolute atomic E-state index is 0.0574. The number of nitrogens with one attached hydrogen (secondary N) is 1. The summed E-state index contributed by atoms with van der Waals surface area (Å²) in [6, 6.07) is 0. The highest BCUT2D eigenvalue weighted by atomic mass is 16.6. The number of ether oxygens (including phenoxy) is 1. The number of fused-ring (bicyclic) bond motifs is 3. The molecule has 0 aromatic carbocycles. The molecule has 5 atom stereocenters. The van der Waals surface area contributed by atoms with Gasteiger partial charge in [-0.15, -0.1) is 6.58 Å². The SMILES string of the molecule is C=C[C@@]1(C)CC=C2[C@@H](CC[C@@H]3C(C)(C)[C@H](OC(=O)C(=O)NCCO)CC[C@@]23C)C1. The number of aliphatic hydroxyl groups is 1. The molecule has 2 saturated carbocycles. The second-order valence-corrected chi connectivity index (χ2v) is 10.4. The summed E-state index contributed by atoms with van der Waals surface area (Å²) in [4.78, 5) is 24.1. The molecule has 1 amide bonds. The van der Waals surface area contributed by atoms with Gasteiger partial charge in [-0.2, -0.15) is 0 Å². The van der Waals surface area contributed by atoms with Crippen LogP contribution in [0, 0.1) is 28.1 Å². The predicted octanol–water partition coefficient (Wildman–Crippen LogP) is 3.77. The van der Waals surface area contributed by atoms with E-state index in [4.69, 9.17) is 9.84 Å². The summed E-state index contributed by atoms with van der Waals surface area (Å²) in [7, 11) is 0. The minimum Gasteiger partial charge on any atom is -0.455 e. The zero-order valence-corrected chi connectivity index (χ0v) is 18.4. The minimum atomic E-state index is -0.840. The Labute approximate surface area is 175 Å². The first-order valence-electron chi connectivity index (χ1n) is 11.0. The Morgan fingerprint density at radius 3 is 2.66 bits per heavy atom. The fraction of sp³-hybridized carbons (Fsp3) is 0.750. The summed E-state index contributed by atoms with van der Waals surface area (Å²) < 4.78 is 5.68. The predicted molar refractivity (Wildman–Crippen MR) is 113 cm³/mol. The van der Waals surface area contributed by atoms with Crippen LogP contribution in [0.15, 0.2) is 24.3 Å². The fourth-order valence-corrected chi connectivity index (χ4v) is 6.45. The van der Waals surface area contributed by atoms with E-state index in [0.717, 1.165) is 32.1 Å². The zero-order valence-electron chi connectivity index (χ0n) is 18.4. The molecule has 0 aromatic heterocycles. The molecule has 2 N–H and O–H groups in total. The topological polar surface area (TPSA) is 75.6 Å². The molecule has 0 saturated heterocycles. The summed E-state index contributed by atoms with van der Waals surface area (Å²) in [5.41, 5.74) is 1.72. The van der Waals surface area contributed by atoms with Gasteiger partial charge in [-0.1, -0.05) is 45.4 Å². The van der Waals surface area contributed by atoms with Gasteiger partial charge in [0.2, 0.25) is 0 Å². The average Bonchev–Trinajstić information content (AvgIpc) is 2.67. The monoisotopic (exact) mass is 403 g/mol. The van der Waals surface area contributed by atoms with Crippen LogP contribution in [0.1, 0.15) is 66.2 Å². The third-order valence-electron chi connectivity index (χ3n) is 8.15. The van der Waals surface area contributed by atoms with E-state index >= 15 is 0 Å². The third-order valence-corrected chi connectivity index (χ3v) is 8.15. The van der Waals surface area contributed by atoms with Crippen molar-refractivity contribution in [1.29, 1.82) is 0 Å². The number of carbonyl (C=O) groups excluding carboxylic acids is 2. The second kappa shape index (κ2) is 7.90. The third kappa shape index (κ3) is 3.90. The Hall–Kier alpha value is -1.62. The van der Waals surface area contributed by atoms with Crippen molar-refractivity contribution in [1.82, 2.24) is 5.32 Å². The molecule has 5 nitrogen and oxygen atoms in total. The number of amides is 1. The maximum atomic E-state index is 12.2. The summed E-state index contributed by atoms with van der Waals surface area (Å²) in [6.45, 7) is 13.0. The lowest BCUT2D eigenvalue weighted by molar-refractivity contribution is -0.175. The highest BCUT2D eigenvalue weighted by Crippen LogP contribution is 2.64. The first-order chi connectivity index (χ1) is 13.6. The highest BCUT2D eigenvalue weighted by molar-refractivity contribution is 6.32. The van der Waals surface area contributed by atoms with E-state index in [1.807, 2.05) is 0 Å². The van der Waals surface area contributed by atoms with Crippen molar-refractivity contribution in [2.45, 2.75) is 72.3 Å². The van der Waals surface area contributed by atoms with Crippen molar-refractivity contribution in [2.24, 2.45) is 28.1 Å². The van der Waals surface area contributed by atoms with Gasteiger partial charge in [0.1, 0.15) is 6.10 Å². The van der Waals surface area contributed by atoms with Crippen LogP contribution in [0.4, 0.5) is 0 Å². The molecule has 3 rings (SSSR count).